The van der Waals surface area contributed by atoms with Crippen LogP contribution < -0.4 is 10.6 Å². The lowest BCUT2D eigenvalue weighted by atomic mass is 10.1. The van der Waals surface area contributed by atoms with Crippen LogP contribution in [0.5, 0.6) is 0 Å². The molecule has 1 aliphatic carbocycles. The number of thioether (sulfide) groups is 1. The Morgan fingerprint density at radius 3 is 2.77 bits per heavy atom. The van der Waals surface area contributed by atoms with E-state index in [1.165, 1.54) is 28.3 Å². The minimum absolute atomic E-state index is 0.0312. The first-order chi connectivity index (χ1) is 15.2. The summed E-state index contributed by atoms with van der Waals surface area (Å²) in [5.41, 5.74) is 1.63. The smallest absolute Gasteiger partial charge is 0.272 e. The van der Waals surface area contributed by atoms with Gasteiger partial charge in [0.25, 0.3) is 5.91 Å². The van der Waals surface area contributed by atoms with Gasteiger partial charge in [-0.25, -0.2) is 14.6 Å². The molecule has 1 aliphatic rings. The predicted molar refractivity (Wildman–Crippen MR) is 118 cm³/mol. The summed E-state index contributed by atoms with van der Waals surface area (Å²) < 4.78 is 1.54. The predicted octanol–water partition coefficient (Wildman–Crippen LogP) is 2.40. The number of benzene rings is 1. The summed E-state index contributed by atoms with van der Waals surface area (Å²) in [5.74, 6) is 0.618. The van der Waals surface area contributed by atoms with Gasteiger partial charge in [-0.1, -0.05) is 42.1 Å². The molecule has 0 radical (unpaired) electrons. The van der Waals surface area contributed by atoms with E-state index in [1.54, 1.807) is 18.3 Å². The van der Waals surface area contributed by atoms with Crippen LogP contribution >= 0.6 is 11.8 Å². The Kier molecular flexibility index (Phi) is 6.93. The van der Waals surface area contributed by atoms with E-state index in [0.29, 0.717) is 23.1 Å². The molecule has 0 unspecified atom stereocenters. The highest BCUT2D eigenvalue weighted by molar-refractivity contribution is 7.99. The average molecular weight is 437 g/mol. The number of nitrogens with zero attached hydrogens (tertiary/aromatic N) is 4. The second kappa shape index (κ2) is 10.2. The van der Waals surface area contributed by atoms with Crippen LogP contribution in [0.3, 0.4) is 0 Å². The first-order valence-electron chi connectivity index (χ1n) is 10.3. The topological polar surface area (TPSA) is 102 Å². The number of nitrogens with one attached hydrogen (secondary N) is 2. The van der Waals surface area contributed by atoms with Gasteiger partial charge in [0.2, 0.25) is 5.91 Å². The van der Waals surface area contributed by atoms with Gasteiger partial charge in [-0.05, 0) is 37.3 Å². The Bertz CT molecular complexity index is 1040. The van der Waals surface area contributed by atoms with Crippen molar-refractivity contribution in [2.24, 2.45) is 0 Å². The number of aryl methyl sites for hydroxylation is 1. The second-order valence-electron chi connectivity index (χ2n) is 7.34. The SMILES string of the molecule is O=C(CSc1cc(-n2ccc(C(=O)NC3CC3)n2)ncn1)NCCCc1ccccc1. The summed E-state index contributed by atoms with van der Waals surface area (Å²) in [6.45, 7) is 0.641. The molecule has 2 heterocycles. The van der Waals surface area contributed by atoms with Crippen LogP contribution in [0.25, 0.3) is 5.82 Å². The van der Waals surface area contributed by atoms with Gasteiger partial charge < -0.3 is 10.6 Å². The maximum atomic E-state index is 12.1. The van der Waals surface area contributed by atoms with Gasteiger partial charge in [0.1, 0.15) is 11.4 Å². The molecule has 31 heavy (non-hydrogen) atoms. The zero-order valence-electron chi connectivity index (χ0n) is 17.0. The number of carbonyl (C=O) groups is 2. The van der Waals surface area contributed by atoms with Gasteiger partial charge >= 0.3 is 0 Å². The summed E-state index contributed by atoms with van der Waals surface area (Å²) >= 11 is 1.34. The fourth-order valence-electron chi connectivity index (χ4n) is 2.95. The lowest BCUT2D eigenvalue weighted by Crippen LogP contribution is -2.26. The minimum Gasteiger partial charge on any atom is -0.355 e. The standard InChI is InChI=1S/C22H24N6O2S/c29-20(23-11-4-7-16-5-2-1-3-6-16)14-31-21-13-19(24-15-25-21)28-12-10-18(27-28)22(30)26-17-8-9-17/h1-3,5-6,10,12-13,15,17H,4,7-9,11,14H2,(H,23,29)(H,26,30). The molecule has 0 atom stereocenters. The maximum Gasteiger partial charge on any atom is 0.272 e. The number of hydrogen-bond donors (Lipinski definition) is 2. The highest BCUT2D eigenvalue weighted by Crippen LogP contribution is 2.19. The Labute approximate surface area is 184 Å². The average Bonchev–Trinajstić information content (AvgIpc) is 3.47. The van der Waals surface area contributed by atoms with Crippen molar-refractivity contribution in [2.45, 2.75) is 36.8 Å². The van der Waals surface area contributed by atoms with E-state index in [2.05, 4.69) is 37.8 Å². The molecule has 3 aromatic rings. The number of amides is 2. The van der Waals surface area contributed by atoms with E-state index < -0.39 is 0 Å². The molecule has 2 aromatic heterocycles. The van der Waals surface area contributed by atoms with Crippen LogP contribution in [0.4, 0.5) is 0 Å². The molecule has 2 amide bonds. The van der Waals surface area contributed by atoms with E-state index in [1.807, 2.05) is 18.2 Å². The number of hydrogen-bond acceptors (Lipinski definition) is 6. The lowest BCUT2D eigenvalue weighted by molar-refractivity contribution is -0.118. The van der Waals surface area contributed by atoms with Crippen LogP contribution in [-0.4, -0.2) is 49.9 Å². The molecule has 1 saturated carbocycles. The molecule has 4 rings (SSSR count). The van der Waals surface area contributed by atoms with Gasteiger partial charge in [-0.3, -0.25) is 9.59 Å². The van der Waals surface area contributed by atoms with Crippen LogP contribution in [0, 0.1) is 0 Å². The molecule has 160 valence electrons. The molecule has 9 heteroatoms. The summed E-state index contributed by atoms with van der Waals surface area (Å²) in [6, 6.07) is 13.9. The first-order valence-corrected chi connectivity index (χ1v) is 11.3. The van der Waals surface area contributed by atoms with Crippen molar-refractivity contribution in [2.75, 3.05) is 12.3 Å². The number of rotatable bonds is 10. The second-order valence-corrected chi connectivity index (χ2v) is 8.33. The molecule has 0 saturated heterocycles. The molecule has 1 aromatic carbocycles. The zero-order valence-corrected chi connectivity index (χ0v) is 17.8. The molecule has 0 aliphatic heterocycles. The van der Waals surface area contributed by atoms with Crippen molar-refractivity contribution in [3.63, 3.8) is 0 Å². The summed E-state index contributed by atoms with van der Waals surface area (Å²) in [7, 11) is 0. The Morgan fingerprint density at radius 1 is 1.13 bits per heavy atom. The van der Waals surface area contributed by atoms with Gasteiger partial charge in [-0.15, -0.1) is 0 Å². The third kappa shape index (κ3) is 6.39. The van der Waals surface area contributed by atoms with E-state index in [-0.39, 0.29) is 23.6 Å². The van der Waals surface area contributed by atoms with E-state index in [0.717, 1.165) is 25.7 Å². The maximum absolute atomic E-state index is 12.1. The van der Waals surface area contributed by atoms with Crippen LogP contribution in [0.2, 0.25) is 0 Å². The Balaban J connectivity index is 1.23. The van der Waals surface area contributed by atoms with Crippen molar-refractivity contribution in [1.29, 1.82) is 0 Å². The Hall–Kier alpha value is -3.20. The van der Waals surface area contributed by atoms with Crippen LogP contribution in [-0.2, 0) is 11.2 Å². The molecular formula is C22H24N6O2S. The largest absolute Gasteiger partial charge is 0.355 e. The van der Waals surface area contributed by atoms with Gasteiger partial charge in [0, 0.05) is 24.8 Å². The lowest BCUT2D eigenvalue weighted by Gasteiger charge is -2.06. The monoisotopic (exact) mass is 436 g/mol. The van der Waals surface area contributed by atoms with E-state index in [4.69, 9.17) is 0 Å². The van der Waals surface area contributed by atoms with Gasteiger partial charge in [-0.2, -0.15) is 5.10 Å². The molecule has 8 nitrogen and oxygen atoms in total. The quantitative estimate of drug-likeness (QED) is 0.287. The molecule has 0 bridgehead atoms. The highest BCUT2D eigenvalue weighted by Gasteiger charge is 2.24. The van der Waals surface area contributed by atoms with Crippen LogP contribution in [0.15, 0.2) is 60.0 Å². The van der Waals surface area contributed by atoms with Crippen molar-refractivity contribution in [3.05, 3.63) is 66.2 Å². The normalized spacial score (nSPS) is 13.0. The Morgan fingerprint density at radius 2 is 1.97 bits per heavy atom. The minimum atomic E-state index is -0.172. The van der Waals surface area contributed by atoms with E-state index in [9.17, 15) is 9.59 Å². The zero-order chi connectivity index (χ0) is 21.5. The molecule has 1 fully saturated rings. The summed E-state index contributed by atoms with van der Waals surface area (Å²) in [4.78, 5) is 32.7. The third-order valence-electron chi connectivity index (χ3n) is 4.75. The molecule has 0 spiro atoms. The van der Waals surface area contributed by atoms with Crippen molar-refractivity contribution >= 4 is 23.6 Å². The van der Waals surface area contributed by atoms with Crippen molar-refractivity contribution < 1.29 is 9.59 Å². The number of carbonyl (C=O) groups excluding carboxylic acids is 2. The third-order valence-corrected chi connectivity index (χ3v) is 5.68. The van der Waals surface area contributed by atoms with Crippen LogP contribution in [0.1, 0.15) is 35.3 Å². The molecular weight excluding hydrogens is 412 g/mol. The van der Waals surface area contributed by atoms with Gasteiger partial charge in [0.05, 0.1) is 5.75 Å². The fraction of sp³-hybridized carbons (Fsp3) is 0.318. The first kappa shape index (κ1) is 21.0. The summed E-state index contributed by atoms with van der Waals surface area (Å²) in [6.07, 6.45) is 7.01. The summed E-state index contributed by atoms with van der Waals surface area (Å²) in [5, 5.41) is 10.8. The molecule has 2 N–H and O–H groups in total. The van der Waals surface area contributed by atoms with Gasteiger partial charge in [0.15, 0.2) is 11.5 Å². The number of aromatic nitrogens is 4. The highest BCUT2D eigenvalue weighted by atomic mass is 32.2. The van der Waals surface area contributed by atoms with Crippen molar-refractivity contribution in [1.82, 2.24) is 30.4 Å². The fourth-order valence-corrected chi connectivity index (χ4v) is 3.64. The van der Waals surface area contributed by atoms with Crippen molar-refractivity contribution in [3.8, 4) is 5.82 Å². The van der Waals surface area contributed by atoms with E-state index >= 15 is 0 Å².